The summed E-state index contributed by atoms with van der Waals surface area (Å²) in [4.78, 5) is 0.959. The smallest absolute Gasteiger partial charge is 0.211 e. The Bertz CT molecular complexity index is 795. The third kappa shape index (κ3) is 4.19. The zero-order valence-corrected chi connectivity index (χ0v) is 13.8. The Hall–Kier alpha value is -1.10. The fourth-order valence-electron chi connectivity index (χ4n) is 1.66. The van der Waals surface area contributed by atoms with Gasteiger partial charge < -0.3 is 0 Å². The molecule has 1 heterocycles. The number of hydrogen-bond donors (Lipinski definition) is 1. The van der Waals surface area contributed by atoms with Gasteiger partial charge in [-0.25, -0.2) is 13.1 Å². The summed E-state index contributed by atoms with van der Waals surface area (Å²) in [6, 6.07) is 9.60. The minimum atomic E-state index is -3.70. The first-order valence-corrected chi connectivity index (χ1v) is 8.91. The molecule has 4 nitrogen and oxygen atoms in total. The fraction of sp³-hybridized carbons (Fsp3) is 0.154. The molecule has 8 heteroatoms. The molecule has 1 aromatic carbocycles. The van der Waals surface area contributed by atoms with E-state index in [2.05, 4.69) is 4.72 Å². The molecule has 0 aliphatic carbocycles. The minimum absolute atomic E-state index is 0.0284. The number of nitriles is 1. The van der Waals surface area contributed by atoms with Crippen molar-refractivity contribution < 1.29 is 8.42 Å². The molecule has 0 spiro atoms. The van der Waals surface area contributed by atoms with Crippen LogP contribution in [0.3, 0.4) is 0 Å². The Morgan fingerprint density at radius 1 is 1.24 bits per heavy atom. The van der Waals surface area contributed by atoms with E-state index in [0.717, 1.165) is 4.88 Å². The van der Waals surface area contributed by atoms with Gasteiger partial charge in [0.25, 0.3) is 0 Å². The Balaban J connectivity index is 2.06. The molecule has 21 heavy (non-hydrogen) atoms. The van der Waals surface area contributed by atoms with E-state index in [4.69, 9.17) is 28.5 Å². The van der Waals surface area contributed by atoms with Crippen LogP contribution < -0.4 is 4.72 Å². The Kier molecular flexibility index (Phi) is 5.25. The van der Waals surface area contributed by atoms with Crippen LogP contribution in [0.1, 0.15) is 10.4 Å². The summed E-state index contributed by atoms with van der Waals surface area (Å²) in [5.41, 5.74) is 0.312. The van der Waals surface area contributed by atoms with Gasteiger partial charge in [0, 0.05) is 11.4 Å². The highest BCUT2D eigenvalue weighted by molar-refractivity contribution is 7.89. The molecule has 2 rings (SSSR count). The summed E-state index contributed by atoms with van der Waals surface area (Å²) >= 11 is 13.1. The zero-order valence-electron chi connectivity index (χ0n) is 10.6. The number of nitrogens with one attached hydrogen (secondary N) is 1. The van der Waals surface area contributed by atoms with E-state index in [1.807, 2.05) is 12.1 Å². The van der Waals surface area contributed by atoms with Crippen molar-refractivity contribution in [3.63, 3.8) is 0 Å². The SMILES string of the molecule is N#Cc1ccc(S(=O)(=O)NCCc2ccc(Cl)s2)c(Cl)c1. The van der Waals surface area contributed by atoms with Gasteiger partial charge in [-0.05, 0) is 36.8 Å². The standard InChI is InChI=1S/C13H10Cl2N2O2S2/c14-11-7-9(8-16)1-3-12(11)21(18,19)17-6-5-10-2-4-13(15)20-10/h1-4,7,17H,5-6H2. The van der Waals surface area contributed by atoms with Crippen molar-refractivity contribution in [1.29, 1.82) is 5.26 Å². The average molecular weight is 361 g/mol. The Morgan fingerprint density at radius 3 is 2.57 bits per heavy atom. The average Bonchev–Trinajstić information content (AvgIpc) is 2.83. The van der Waals surface area contributed by atoms with E-state index in [0.29, 0.717) is 16.3 Å². The predicted octanol–water partition coefficient (Wildman–Crippen LogP) is 3.45. The highest BCUT2D eigenvalue weighted by atomic mass is 35.5. The molecule has 0 aliphatic rings. The van der Waals surface area contributed by atoms with Gasteiger partial charge in [-0.2, -0.15) is 5.26 Å². The van der Waals surface area contributed by atoms with Crippen molar-refractivity contribution in [3.8, 4) is 6.07 Å². The molecule has 0 radical (unpaired) electrons. The predicted molar refractivity (Wildman–Crippen MR) is 84.4 cm³/mol. The molecular weight excluding hydrogens is 351 g/mol. The van der Waals surface area contributed by atoms with Gasteiger partial charge in [-0.3, -0.25) is 0 Å². The first-order chi connectivity index (χ1) is 9.92. The van der Waals surface area contributed by atoms with E-state index >= 15 is 0 Å². The number of rotatable bonds is 5. The van der Waals surface area contributed by atoms with Gasteiger partial charge in [-0.1, -0.05) is 23.2 Å². The van der Waals surface area contributed by atoms with Gasteiger partial charge in [-0.15, -0.1) is 11.3 Å². The molecule has 0 aliphatic heterocycles. The van der Waals surface area contributed by atoms with Gasteiger partial charge in [0.1, 0.15) is 4.90 Å². The van der Waals surface area contributed by atoms with E-state index < -0.39 is 10.0 Å². The number of hydrogen-bond acceptors (Lipinski definition) is 4. The molecule has 0 saturated heterocycles. The summed E-state index contributed by atoms with van der Waals surface area (Å²) < 4.78 is 27.4. The minimum Gasteiger partial charge on any atom is -0.211 e. The first-order valence-electron chi connectivity index (χ1n) is 5.86. The third-order valence-corrected chi connectivity index (χ3v) is 5.88. The normalized spacial score (nSPS) is 11.3. The second-order valence-corrected chi connectivity index (χ2v) is 8.05. The second kappa shape index (κ2) is 6.77. The van der Waals surface area contributed by atoms with Crippen LogP contribution in [0.5, 0.6) is 0 Å². The number of sulfonamides is 1. The van der Waals surface area contributed by atoms with Crippen LogP contribution in [-0.2, 0) is 16.4 Å². The molecule has 110 valence electrons. The van der Waals surface area contributed by atoms with Crippen molar-refractivity contribution >= 4 is 44.6 Å². The van der Waals surface area contributed by atoms with Crippen molar-refractivity contribution in [2.75, 3.05) is 6.54 Å². The number of benzene rings is 1. The lowest BCUT2D eigenvalue weighted by Crippen LogP contribution is -2.26. The zero-order chi connectivity index (χ0) is 15.5. The fourth-order valence-corrected chi connectivity index (χ4v) is 4.32. The number of nitrogens with zero attached hydrogens (tertiary/aromatic N) is 1. The van der Waals surface area contributed by atoms with Crippen LogP contribution in [0, 0.1) is 11.3 Å². The maximum absolute atomic E-state index is 12.1. The Morgan fingerprint density at radius 2 is 2.00 bits per heavy atom. The highest BCUT2D eigenvalue weighted by Gasteiger charge is 2.17. The van der Waals surface area contributed by atoms with E-state index in [1.165, 1.54) is 29.5 Å². The molecule has 1 N–H and O–H groups in total. The van der Waals surface area contributed by atoms with Crippen LogP contribution in [0.4, 0.5) is 0 Å². The number of thiophene rings is 1. The van der Waals surface area contributed by atoms with Crippen molar-refractivity contribution in [2.24, 2.45) is 0 Å². The van der Waals surface area contributed by atoms with Crippen LogP contribution in [-0.4, -0.2) is 15.0 Å². The van der Waals surface area contributed by atoms with Crippen molar-refractivity contribution in [3.05, 3.63) is 50.1 Å². The van der Waals surface area contributed by atoms with Crippen molar-refractivity contribution in [2.45, 2.75) is 11.3 Å². The van der Waals surface area contributed by atoms with E-state index in [9.17, 15) is 8.42 Å². The summed E-state index contributed by atoms with van der Waals surface area (Å²) in [6.07, 6.45) is 0.546. The van der Waals surface area contributed by atoms with Gasteiger partial charge in [0.2, 0.25) is 10.0 Å². The summed E-state index contributed by atoms with van der Waals surface area (Å²) in [6.45, 7) is 0.246. The lowest BCUT2D eigenvalue weighted by Gasteiger charge is -2.08. The molecule has 2 aromatic rings. The van der Waals surface area contributed by atoms with Gasteiger partial charge >= 0.3 is 0 Å². The largest absolute Gasteiger partial charge is 0.242 e. The van der Waals surface area contributed by atoms with Crippen LogP contribution in [0.25, 0.3) is 0 Å². The molecule has 0 bridgehead atoms. The third-order valence-electron chi connectivity index (χ3n) is 2.64. The van der Waals surface area contributed by atoms with Gasteiger partial charge in [0.15, 0.2) is 0 Å². The Labute approximate surface area is 137 Å². The number of halogens is 2. The van der Waals surface area contributed by atoms with Crippen LogP contribution in [0.15, 0.2) is 35.2 Å². The maximum atomic E-state index is 12.1. The highest BCUT2D eigenvalue weighted by Crippen LogP contribution is 2.23. The van der Waals surface area contributed by atoms with E-state index in [1.54, 1.807) is 6.07 Å². The lowest BCUT2D eigenvalue weighted by molar-refractivity contribution is 0.582. The second-order valence-electron chi connectivity index (χ2n) is 4.11. The quantitative estimate of drug-likeness (QED) is 0.887. The molecule has 0 unspecified atom stereocenters. The monoisotopic (exact) mass is 360 g/mol. The molecule has 0 amide bonds. The molecule has 0 fully saturated rings. The van der Waals surface area contributed by atoms with Crippen molar-refractivity contribution in [1.82, 2.24) is 4.72 Å². The van der Waals surface area contributed by atoms with Gasteiger partial charge in [0.05, 0.1) is 21.0 Å². The molecule has 1 aromatic heterocycles. The molecule has 0 saturated carbocycles. The first kappa shape index (κ1) is 16.3. The molecular formula is C13H10Cl2N2O2S2. The summed E-state index contributed by atoms with van der Waals surface area (Å²) in [5, 5.41) is 8.77. The summed E-state index contributed by atoms with van der Waals surface area (Å²) in [5.74, 6) is 0. The molecule has 0 atom stereocenters. The topological polar surface area (TPSA) is 70.0 Å². The lowest BCUT2D eigenvalue weighted by atomic mass is 10.2. The summed E-state index contributed by atoms with van der Waals surface area (Å²) in [7, 11) is -3.70. The van der Waals surface area contributed by atoms with E-state index in [-0.39, 0.29) is 16.5 Å². The van der Waals surface area contributed by atoms with Crippen LogP contribution in [0.2, 0.25) is 9.36 Å². The van der Waals surface area contributed by atoms with Crippen LogP contribution >= 0.6 is 34.5 Å². The maximum Gasteiger partial charge on any atom is 0.242 e.